The molecule has 0 saturated carbocycles. The molecule has 0 aromatic heterocycles. The fourth-order valence-corrected chi connectivity index (χ4v) is 1.18. The molecule has 21 heavy (non-hydrogen) atoms. The van der Waals surface area contributed by atoms with Crippen LogP contribution >= 0.6 is 17.0 Å². The average molecular weight is 419 g/mol. The van der Waals surface area contributed by atoms with E-state index >= 15 is 0 Å². The van der Waals surface area contributed by atoms with E-state index in [1.54, 1.807) is 0 Å². The summed E-state index contributed by atoms with van der Waals surface area (Å²) in [6, 6.07) is 0. The minimum atomic E-state index is -0.826. The number of halogens is 2. The molecular formula is C16H36Cl2N2Zr. The minimum absolute atomic E-state index is 0.726. The van der Waals surface area contributed by atoms with E-state index in [-0.39, 0.29) is 0 Å². The van der Waals surface area contributed by atoms with Crippen LogP contribution in [0, 0.1) is 23.7 Å². The monoisotopic (exact) mass is 416 g/mol. The van der Waals surface area contributed by atoms with Crippen LogP contribution in [0.2, 0.25) is 0 Å². The second kappa shape index (κ2) is 21.4. The molecule has 128 valence electrons. The molecule has 0 rings (SSSR count). The number of hydrogen-bond donors (Lipinski definition) is 0. The van der Waals surface area contributed by atoms with Crippen LogP contribution in [0.3, 0.4) is 0 Å². The Bertz CT molecular complexity index is 144. The van der Waals surface area contributed by atoms with Gasteiger partial charge in [0.05, 0.1) is 0 Å². The van der Waals surface area contributed by atoms with Crippen LogP contribution in [0.1, 0.15) is 55.4 Å². The standard InChI is InChI=1S/2C8H18N.2ClH.Zr/c2*1-7(2)5-9-6-8(3)4;;;/h2*7-8H,5-6H2,1-4H3;2*1H;/q2*-1;;;+4/p-2. The van der Waals surface area contributed by atoms with Crippen molar-refractivity contribution in [2.75, 3.05) is 26.2 Å². The Hall–Kier alpha value is 1.38. The summed E-state index contributed by atoms with van der Waals surface area (Å²) in [5, 5.41) is 8.74. The molecule has 0 fully saturated rings. The van der Waals surface area contributed by atoms with E-state index in [2.05, 4.69) is 66.0 Å². The third-order valence-corrected chi connectivity index (χ3v) is 1.98. The van der Waals surface area contributed by atoms with Crippen molar-refractivity contribution in [3.8, 4) is 0 Å². The number of nitrogens with zero attached hydrogens (tertiary/aromatic N) is 2. The maximum absolute atomic E-state index is 4.93. The Morgan fingerprint density at radius 1 is 0.571 bits per heavy atom. The topological polar surface area (TPSA) is 28.2 Å². The van der Waals surface area contributed by atoms with Gasteiger partial charge in [-0.15, -0.1) is 26.2 Å². The van der Waals surface area contributed by atoms with E-state index in [1.807, 2.05) is 0 Å². The van der Waals surface area contributed by atoms with E-state index in [1.165, 1.54) is 0 Å². The van der Waals surface area contributed by atoms with Crippen molar-refractivity contribution >= 4 is 17.0 Å². The first-order valence-corrected chi connectivity index (χ1v) is 14.2. The predicted molar refractivity (Wildman–Crippen MR) is 97.2 cm³/mol. The number of rotatable bonds is 8. The van der Waals surface area contributed by atoms with Gasteiger partial charge >= 0.3 is 37.9 Å². The fourth-order valence-electron chi connectivity index (χ4n) is 1.18. The molecular weight excluding hydrogens is 382 g/mol. The maximum atomic E-state index is 4.93. The van der Waals surface area contributed by atoms with Crippen molar-refractivity contribution in [1.82, 2.24) is 0 Å². The average Bonchev–Trinajstić information content (AvgIpc) is 2.28. The van der Waals surface area contributed by atoms with Crippen molar-refractivity contribution in [3.05, 3.63) is 10.6 Å². The van der Waals surface area contributed by atoms with Crippen LogP contribution in [0.15, 0.2) is 0 Å². The van der Waals surface area contributed by atoms with Gasteiger partial charge in [-0.1, -0.05) is 79.1 Å². The summed E-state index contributed by atoms with van der Waals surface area (Å²) < 4.78 is 0. The Kier molecular flexibility index (Phi) is 27.7. The fraction of sp³-hybridized carbons (Fsp3) is 1.00. The molecule has 0 spiro atoms. The molecule has 5 heteroatoms. The van der Waals surface area contributed by atoms with Crippen LogP contribution < -0.4 is 0 Å². The first-order chi connectivity index (χ1) is 9.67. The Labute approximate surface area is 153 Å². The van der Waals surface area contributed by atoms with E-state index < -0.39 is 20.8 Å². The molecule has 2 nitrogen and oxygen atoms in total. The van der Waals surface area contributed by atoms with Gasteiger partial charge in [-0.05, 0) is 0 Å². The Balaban J connectivity index is -0.000000260. The quantitative estimate of drug-likeness (QED) is 0.418. The van der Waals surface area contributed by atoms with Crippen LogP contribution in [-0.4, -0.2) is 26.2 Å². The summed E-state index contributed by atoms with van der Waals surface area (Å²) in [4.78, 5) is 0. The van der Waals surface area contributed by atoms with Crippen LogP contribution in [0.25, 0.3) is 10.6 Å². The van der Waals surface area contributed by atoms with Crippen molar-refractivity contribution in [2.24, 2.45) is 23.7 Å². The Morgan fingerprint density at radius 2 is 0.714 bits per heavy atom. The van der Waals surface area contributed by atoms with Gasteiger partial charge in [-0.2, -0.15) is 0 Å². The van der Waals surface area contributed by atoms with Crippen molar-refractivity contribution in [2.45, 2.75) is 55.4 Å². The summed E-state index contributed by atoms with van der Waals surface area (Å²) in [5.41, 5.74) is 0. The first kappa shape index (κ1) is 27.2. The molecule has 0 aromatic carbocycles. The molecule has 0 radical (unpaired) electrons. The molecule has 0 amide bonds. The van der Waals surface area contributed by atoms with Gasteiger partial charge in [0.1, 0.15) is 0 Å². The third-order valence-electron chi connectivity index (χ3n) is 1.98. The first-order valence-electron chi connectivity index (χ1n) is 7.89. The molecule has 0 saturated heterocycles. The Morgan fingerprint density at radius 3 is 0.810 bits per heavy atom. The molecule has 0 aliphatic carbocycles. The van der Waals surface area contributed by atoms with Crippen molar-refractivity contribution in [3.63, 3.8) is 0 Å². The van der Waals surface area contributed by atoms with Gasteiger partial charge in [-0.3, -0.25) is 0 Å². The van der Waals surface area contributed by atoms with Gasteiger partial charge in [0.25, 0.3) is 0 Å². The second-order valence-corrected chi connectivity index (χ2v) is 10.6. The van der Waals surface area contributed by atoms with Crippen LogP contribution in [-0.2, 0) is 20.8 Å². The second-order valence-electron chi connectivity index (χ2n) is 6.82. The van der Waals surface area contributed by atoms with Gasteiger partial charge < -0.3 is 10.6 Å². The van der Waals surface area contributed by atoms with Gasteiger partial charge in [0.15, 0.2) is 0 Å². The van der Waals surface area contributed by atoms with E-state index in [9.17, 15) is 0 Å². The third kappa shape index (κ3) is 44.9. The van der Waals surface area contributed by atoms with Crippen molar-refractivity contribution < 1.29 is 20.8 Å². The molecule has 0 N–H and O–H groups in total. The zero-order chi connectivity index (χ0) is 17.3. The van der Waals surface area contributed by atoms with Crippen molar-refractivity contribution in [1.29, 1.82) is 0 Å². The molecule has 0 aliphatic rings. The number of hydrogen-bond acceptors (Lipinski definition) is 0. The van der Waals surface area contributed by atoms with E-state index in [4.69, 9.17) is 17.0 Å². The van der Waals surface area contributed by atoms with Crippen LogP contribution in [0.4, 0.5) is 0 Å². The van der Waals surface area contributed by atoms with Crippen LogP contribution in [0.5, 0.6) is 0 Å². The molecule has 0 bridgehead atoms. The molecule has 0 aliphatic heterocycles. The zero-order valence-corrected chi connectivity index (χ0v) is 19.3. The van der Waals surface area contributed by atoms with E-state index in [0.717, 1.165) is 49.9 Å². The molecule has 0 aromatic rings. The molecule has 0 heterocycles. The molecule has 0 atom stereocenters. The van der Waals surface area contributed by atoms with Gasteiger partial charge in [-0.25, -0.2) is 0 Å². The zero-order valence-electron chi connectivity index (χ0n) is 15.3. The SMILES string of the molecule is CC(C)C[N-]CC(C)C.CC(C)C[N-]CC(C)C.[Cl][Zr+2][Cl]. The molecule has 0 unspecified atom stereocenters. The summed E-state index contributed by atoms with van der Waals surface area (Å²) >= 11 is -0.826. The predicted octanol–water partition coefficient (Wildman–Crippen LogP) is 6.72. The summed E-state index contributed by atoms with van der Waals surface area (Å²) in [7, 11) is 9.87. The summed E-state index contributed by atoms with van der Waals surface area (Å²) in [5.74, 6) is 2.90. The summed E-state index contributed by atoms with van der Waals surface area (Å²) in [6.07, 6.45) is 0. The summed E-state index contributed by atoms with van der Waals surface area (Å²) in [6.45, 7) is 21.7. The normalized spacial score (nSPS) is 10.2. The van der Waals surface area contributed by atoms with Gasteiger partial charge in [0, 0.05) is 0 Å². The van der Waals surface area contributed by atoms with E-state index in [0.29, 0.717) is 0 Å². The van der Waals surface area contributed by atoms with Gasteiger partial charge in [0.2, 0.25) is 0 Å².